The molecule has 4 bridgehead atoms. The molecule has 0 aromatic heterocycles. The van der Waals surface area contributed by atoms with Gasteiger partial charge in [-0.05, 0) is 87.4 Å². The summed E-state index contributed by atoms with van der Waals surface area (Å²) < 4.78 is 0. The molecule has 0 heterocycles. The summed E-state index contributed by atoms with van der Waals surface area (Å²) in [7, 11) is 0. The second-order valence-electron chi connectivity index (χ2n) is 7.85. The van der Waals surface area contributed by atoms with Gasteiger partial charge in [0.25, 0.3) is 0 Å². The van der Waals surface area contributed by atoms with Gasteiger partial charge in [0.15, 0.2) is 0 Å². The largest absolute Gasteiger partial charge is 0.325 e. The van der Waals surface area contributed by atoms with Gasteiger partial charge in [0.1, 0.15) is 0 Å². The van der Waals surface area contributed by atoms with E-state index in [-0.39, 0.29) is 0 Å². The van der Waals surface area contributed by atoms with Gasteiger partial charge in [-0.1, -0.05) is 6.42 Å². The molecule has 5 rings (SSSR count). The van der Waals surface area contributed by atoms with Crippen LogP contribution >= 0.6 is 0 Å². The van der Waals surface area contributed by atoms with Gasteiger partial charge < -0.3 is 5.73 Å². The fourth-order valence-electron chi connectivity index (χ4n) is 5.61. The summed E-state index contributed by atoms with van der Waals surface area (Å²) in [6.45, 7) is 0. The van der Waals surface area contributed by atoms with Crippen molar-refractivity contribution in [1.29, 1.82) is 0 Å². The van der Waals surface area contributed by atoms with Crippen LogP contribution in [0.2, 0.25) is 0 Å². The molecule has 5 fully saturated rings. The first-order valence-electron chi connectivity index (χ1n) is 8.01. The standard InChI is InChI=1S/C16H27N/c17-16(4-5-16)3-1-2-15-13-7-11-6-12(9-13)10-14(15)8-11/h11-15H,1-10,17H2. The Labute approximate surface area is 106 Å². The summed E-state index contributed by atoms with van der Waals surface area (Å²) in [5, 5.41) is 0. The van der Waals surface area contributed by atoms with Crippen molar-refractivity contribution in [2.45, 2.75) is 69.7 Å². The minimum atomic E-state index is 0.298. The van der Waals surface area contributed by atoms with Crippen LogP contribution in [-0.4, -0.2) is 5.54 Å². The number of hydrogen-bond donors (Lipinski definition) is 1. The van der Waals surface area contributed by atoms with Crippen LogP contribution in [-0.2, 0) is 0 Å². The maximum atomic E-state index is 6.21. The van der Waals surface area contributed by atoms with E-state index in [2.05, 4.69) is 0 Å². The summed E-state index contributed by atoms with van der Waals surface area (Å²) in [5.41, 5.74) is 6.50. The quantitative estimate of drug-likeness (QED) is 0.787. The van der Waals surface area contributed by atoms with Gasteiger partial charge in [-0.15, -0.1) is 0 Å². The first-order valence-corrected chi connectivity index (χ1v) is 8.01. The van der Waals surface area contributed by atoms with Crippen molar-refractivity contribution in [1.82, 2.24) is 0 Å². The number of rotatable bonds is 4. The highest BCUT2D eigenvalue weighted by Crippen LogP contribution is 2.57. The summed E-state index contributed by atoms with van der Waals surface area (Å²) in [6, 6.07) is 0. The van der Waals surface area contributed by atoms with E-state index in [9.17, 15) is 0 Å². The average Bonchev–Trinajstić information content (AvgIpc) is 3.00. The molecule has 1 heteroatoms. The lowest BCUT2D eigenvalue weighted by Gasteiger charge is -2.54. The van der Waals surface area contributed by atoms with E-state index in [1.165, 1.54) is 32.1 Å². The summed E-state index contributed by atoms with van der Waals surface area (Å²) in [6.07, 6.45) is 14.8. The molecule has 0 aliphatic heterocycles. The third kappa shape index (κ3) is 1.95. The number of hydrogen-bond acceptors (Lipinski definition) is 1. The van der Waals surface area contributed by atoms with E-state index in [4.69, 9.17) is 5.73 Å². The molecule has 0 aromatic carbocycles. The van der Waals surface area contributed by atoms with E-state index in [1.807, 2.05) is 0 Å². The van der Waals surface area contributed by atoms with Crippen LogP contribution in [0, 0.1) is 29.6 Å². The van der Waals surface area contributed by atoms with Crippen LogP contribution < -0.4 is 5.73 Å². The lowest BCUT2D eigenvalue weighted by molar-refractivity contribution is -0.0406. The normalized spacial score (nSPS) is 49.6. The van der Waals surface area contributed by atoms with Crippen LogP contribution in [0.4, 0.5) is 0 Å². The van der Waals surface area contributed by atoms with Crippen LogP contribution in [0.15, 0.2) is 0 Å². The highest BCUT2D eigenvalue weighted by molar-refractivity contribution is 5.00. The van der Waals surface area contributed by atoms with Crippen LogP contribution in [0.3, 0.4) is 0 Å². The molecule has 5 aliphatic carbocycles. The summed E-state index contributed by atoms with van der Waals surface area (Å²) >= 11 is 0. The van der Waals surface area contributed by atoms with Gasteiger partial charge >= 0.3 is 0 Å². The van der Waals surface area contributed by atoms with Crippen LogP contribution in [0.5, 0.6) is 0 Å². The molecule has 17 heavy (non-hydrogen) atoms. The lowest BCUT2D eigenvalue weighted by atomic mass is 9.51. The molecule has 2 N–H and O–H groups in total. The summed E-state index contributed by atoms with van der Waals surface area (Å²) in [5.74, 6) is 5.62. The molecule has 96 valence electrons. The topological polar surface area (TPSA) is 26.0 Å². The molecule has 5 aliphatic rings. The van der Waals surface area contributed by atoms with E-state index in [0.717, 1.165) is 29.6 Å². The zero-order valence-electron chi connectivity index (χ0n) is 11.0. The fourth-order valence-corrected chi connectivity index (χ4v) is 5.61. The van der Waals surface area contributed by atoms with Gasteiger partial charge in [-0.25, -0.2) is 0 Å². The Hall–Kier alpha value is -0.0400. The molecular weight excluding hydrogens is 206 g/mol. The zero-order valence-corrected chi connectivity index (χ0v) is 11.0. The minimum Gasteiger partial charge on any atom is -0.325 e. The smallest absolute Gasteiger partial charge is 0.0155 e. The van der Waals surface area contributed by atoms with Gasteiger partial charge in [-0.2, -0.15) is 0 Å². The van der Waals surface area contributed by atoms with Crippen LogP contribution in [0.1, 0.15) is 64.2 Å². The third-order valence-corrected chi connectivity index (χ3v) is 6.53. The molecule has 1 nitrogen and oxygen atoms in total. The van der Waals surface area contributed by atoms with E-state index in [1.54, 1.807) is 32.1 Å². The molecule has 0 aromatic rings. The SMILES string of the molecule is NC1(CCCC2C3CC4CC(C3)CC2C4)CC1. The Balaban J connectivity index is 1.35. The van der Waals surface area contributed by atoms with Crippen molar-refractivity contribution >= 4 is 0 Å². The van der Waals surface area contributed by atoms with E-state index in [0.29, 0.717) is 5.54 Å². The fraction of sp³-hybridized carbons (Fsp3) is 1.00. The van der Waals surface area contributed by atoms with Gasteiger partial charge in [0.2, 0.25) is 0 Å². The highest BCUT2D eigenvalue weighted by atomic mass is 14.8. The predicted molar refractivity (Wildman–Crippen MR) is 70.5 cm³/mol. The Morgan fingerprint density at radius 3 is 2.00 bits per heavy atom. The Kier molecular flexibility index (Phi) is 2.38. The Morgan fingerprint density at radius 1 is 0.882 bits per heavy atom. The third-order valence-electron chi connectivity index (χ3n) is 6.53. The molecule has 0 radical (unpaired) electrons. The van der Waals surface area contributed by atoms with Gasteiger partial charge in [-0.3, -0.25) is 0 Å². The lowest BCUT2D eigenvalue weighted by Crippen LogP contribution is -2.45. The minimum absolute atomic E-state index is 0.298. The predicted octanol–water partition coefficient (Wildman–Crippen LogP) is 3.72. The molecule has 0 spiro atoms. The second kappa shape index (κ2) is 3.73. The first kappa shape index (κ1) is 10.8. The van der Waals surface area contributed by atoms with E-state index >= 15 is 0 Å². The Morgan fingerprint density at radius 2 is 1.47 bits per heavy atom. The maximum absolute atomic E-state index is 6.21. The molecule has 5 saturated carbocycles. The number of nitrogens with two attached hydrogens (primary N) is 1. The van der Waals surface area contributed by atoms with Crippen molar-refractivity contribution in [3.05, 3.63) is 0 Å². The molecule has 0 atom stereocenters. The van der Waals surface area contributed by atoms with E-state index < -0.39 is 0 Å². The van der Waals surface area contributed by atoms with Crippen molar-refractivity contribution in [3.8, 4) is 0 Å². The highest BCUT2D eigenvalue weighted by Gasteiger charge is 2.48. The monoisotopic (exact) mass is 233 g/mol. The average molecular weight is 233 g/mol. The van der Waals surface area contributed by atoms with Gasteiger partial charge in [0, 0.05) is 5.54 Å². The van der Waals surface area contributed by atoms with Crippen molar-refractivity contribution < 1.29 is 0 Å². The Bertz CT molecular complexity index is 277. The summed E-state index contributed by atoms with van der Waals surface area (Å²) in [4.78, 5) is 0. The van der Waals surface area contributed by atoms with Gasteiger partial charge in [0.05, 0.1) is 0 Å². The van der Waals surface area contributed by atoms with Crippen LogP contribution in [0.25, 0.3) is 0 Å². The molecule has 0 saturated heterocycles. The second-order valence-corrected chi connectivity index (χ2v) is 7.85. The molecular formula is C16H27N. The molecule has 0 unspecified atom stereocenters. The van der Waals surface area contributed by atoms with Crippen molar-refractivity contribution in [3.63, 3.8) is 0 Å². The van der Waals surface area contributed by atoms with Crippen molar-refractivity contribution in [2.75, 3.05) is 0 Å². The van der Waals surface area contributed by atoms with Crippen molar-refractivity contribution in [2.24, 2.45) is 35.3 Å². The molecule has 0 amide bonds. The first-order chi connectivity index (χ1) is 8.22. The maximum Gasteiger partial charge on any atom is 0.0155 e. The zero-order chi connectivity index (χ0) is 11.5.